The van der Waals surface area contributed by atoms with E-state index in [4.69, 9.17) is 4.74 Å². The van der Waals surface area contributed by atoms with Gasteiger partial charge in [0, 0.05) is 0 Å². The van der Waals surface area contributed by atoms with Gasteiger partial charge in [0.05, 0.1) is 7.11 Å². The zero-order valence-corrected chi connectivity index (χ0v) is 16.8. The van der Waals surface area contributed by atoms with Gasteiger partial charge in [-0.3, -0.25) is 0 Å². The monoisotopic (exact) mass is 342 g/mol. The van der Waals surface area contributed by atoms with Gasteiger partial charge in [-0.15, -0.1) is 0 Å². The number of aryl methyl sites for hydroxylation is 1. The van der Waals surface area contributed by atoms with Crippen molar-refractivity contribution >= 4 is 0 Å². The number of aliphatic hydroxyl groups is 1. The molecule has 0 saturated heterocycles. The Morgan fingerprint density at radius 2 is 1.84 bits per heavy atom. The van der Waals surface area contributed by atoms with Crippen molar-refractivity contribution in [3.63, 3.8) is 0 Å². The fourth-order valence-electron chi connectivity index (χ4n) is 5.90. The SMILES string of the molecule is COc1cc(C)cc([C@H](O)C2=C(C)CCC3C(C)(C)CCC[C@]23C)c1. The number of benzene rings is 1. The van der Waals surface area contributed by atoms with Crippen LogP contribution < -0.4 is 4.74 Å². The summed E-state index contributed by atoms with van der Waals surface area (Å²) in [5.74, 6) is 1.47. The summed E-state index contributed by atoms with van der Waals surface area (Å²) in [7, 11) is 1.69. The maximum atomic E-state index is 11.4. The second kappa shape index (κ2) is 6.46. The van der Waals surface area contributed by atoms with Crippen LogP contribution in [0.1, 0.15) is 77.0 Å². The summed E-state index contributed by atoms with van der Waals surface area (Å²) in [6.07, 6.45) is 5.57. The van der Waals surface area contributed by atoms with Crippen LogP contribution in [-0.2, 0) is 0 Å². The summed E-state index contributed by atoms with van der Waals surface area (Å²) in [6, 6.07) is 6.12. The fourth-order valence-corrected chi connectivity index (χ4v) is 5.90. The Morgan fingerprint density at radius 3 is 2.52 bits per heavy atom. The van der Waals surface area contributed by atoms with E-state index in [9.17, 15) is 5.11 Å². The molecule has 3 rings (SSSR count). The van der Waals surface area contributed by atoms with Gasteiger partial charge in [-0.2, -0.15) is 0 Å². The Bertz CT molecular complexity index is 685. The van der Waals surface area contributed by atoms with E-state index >= 15 is 0 Å². The van der Waals surface area contributed by atoms with Crippen LogP contribution in [0.4, 0.5) is 0 Å². The van der Waals surface area contributed by atoms with Crippen LogP contribution in [0, 0.1) is 23.7 Å². The van der Waals surface area contributed by atoms with Gasteiger partial charge in [-0.25, -0.2) is 0 Å². The Labute approximate surface area is 153 Å². The van der Waals surface area contributed by atoms with E-state index in [0.717, 1.165) is 23.3 Å². The molecular weight excluding hydrogens is 308 g/mol. The molecule has 25 heavy (non-hydrogen) atoms. The van der Waals surface area contributed by atoms with Crippen LogP contribution >= 0.6 is 0 Å². The average Bonchev–Trinajstić information content (AvgIpc) is 2.52. The molecule has 1 aromatic carbocycles. The molecule has 1 N–H and O–H groups in total. The third-order valence-corrected chi connectivity index (χ3v) is 7.01. The molecule has 1 unspecified atom stereocenters. The number of rotatable bonds is 3. The summed E-state index contributed by atoms with van der Waals surface area (Å²) < 4.78 is 5.44. The van der Waals surface area contributed by atoms with Crippen molar-refractivity contribution in [3.8, 4) is 5.75 Å². The molecule has 1 saturated carbocycles. The van der Waals surface area contributed by atoms with E-state index in [-0.39, 0.29) is 5.41 Å². The number of hydrogen-bond donors (Lipinski definition) is 1. The molecule has 1 fully saturated rings. The van der Waals surface area contributed by atoms with Crippen LogP contribution in [0.5, 0.6) is 5.75 Å². The predicted octanol–water partition coefficient (Wildman–Crippen LogP) is 5.98. The Balaban J connectivity index is 2.06. The highest BCUT2D eigenvalue weighted by Crippen LogP contribution is 2.61. The smallest absolute Gasteiger partial charge is 0.119 e. The third kappa shape index (κ3) is 3.14. The summed E-state index contributed by atoms with van der Waals surface area (Å²) in [5, 5.41) is 11.4. The van der Waals surface area contributed by atoms with Crippen molar-refractivity contribution in [1.82, 2.24) is 0 Å². The van der Waals surface area contributed by atoms with Gasteiger partial charge in [-0.1, -0.05) is 38.8 Å². The van der Waals surface area contributed by atoms with Crippen molar-refractivity contribution in [2.45, 2.75) is 72.8 Å². The quantitative estimate of drug-likeness (QED) is 0.685. The topological polar surface area (TPSA) is 29.5 Å². The molecule has 2 heteroatoms. The molecule has 3 atom stereocenters. The first-order chi connectivity index (χ1) is 11.7. The van der Waals surface area contributed by atoms with Crippen LogP contribution in [0.15, 0.2) is 29.3 Å². The summed E-state index contributed by atoms with van der Waals surface area (Å²) in [5.41, 5.74) is 5.22. The van der Waals surface area contributed by atoms with Gasteiger partial charge in [0.15, 0.2) is 0 Å². The van der Waals surface area contributed by atoms with Gasteiger partial charge in [0.1, 0.15) is 11.9 Å². The molecule has 1 aromatic rings. The van der Waals surface area contributed by atoms with E-state index in [1.807, 2.05) is 12.1 Å². The molecule has 0 amide bonds. The van der Waals surface area contributed by atoms with Crippen molar-refractivity contribution in [2.75, 3.05) is 7.11 Å². The number of ether oxygens (including phenoxy) is 1. The molecular formula is C23H34O2. The van der Waals surface area contributed by atoms with Gasteiger partial charge in [-0.05, 0) is 85.1 Å². The maximum Gasteiger partial charge on any atom is 0.119 e. The molecule has 0 aliphatic heterocycles. The molecule has 0 bridgehead atoms. The second-order valence-electron chi connectivity index (χ2n) is 9.23. The van der Waals surface area contributed by atoms with Crippen LogP contribution in [0.2, 0.25) is 0 Å². The lowest BCUT2D eigenvalue weighted by Crippen LogP contribution is -2.46. The number of methoxy groups -OCH3 is 1. The van der Waals surface area contributed by atoms with E-state index < -0.39 is 6.10 Å². The van der Waals surface area contributed by atoms with Gasteiger partial charge < -0.3 is 9.84 Å². The van der Waals surface area contributed by atoms with Crippen molar-refractivity contribution < 1.29 is 9.84 Å². The highest BCUT2D eigenvalue weighted by molar-refractivity contribution is 5.41. The van der Waals surface area contributed by atoms with Gasteiger partial charge in [0.2, 0.25) is 0 Å². The predicted molar refractivity (Wildman–Crippen MR) is 104 cm³/mol. The molecule has 138 valence electrons. The van der Waals surface area contributed by atoms with Gasteiger partial charge >= 0.3 is 0 Å². The Hall–Kier alpha value is -1.28. The first-order valence-electron chi connectivity index (χ1n) is 9.73. The number of hydrogen-bond acceptors (Lipinski definition) is 2. The molecule has 0 heterocycles. The third-order valence-electron chi connectivity index (χ3n) is 7.01. The van der Waals surface area contributed by atoms with Crippen LogP contribution in [0.3, 0.4) is 0 Å². The largest absolute Gasteiger partial charge is 0.497 e. The molecule has 0 spiro atoms. The average molecular weight is 343 g/mol. The first kappa shape index (κ1) is 18.5. The molecule has 2 aliphatic rings. The lowest BCUT2D eigenvalue weighted by atomic mass is 9.49. The van der Waals surface area contributed by atoms with Crippen molar-refractivity contribution in [2.24, 2.45) is 16.7 Å². The molecule has 0 radical (unpaired) electrons. The summed E-state index contributed by atoms with van der Waals surface area (Å²) >= 11 is 0. The minimum Gasteiger partial charge on any atom is -0.497 e. The summed E-state index contributed by atoms with van der Waals surface area (Å²) in [4.78, 5) is 0. The molecule has 2 nitrogen and oxygen atoms in total. The molecule has 2 aliphatic carbocycles. The number of aliphatic hydroxyl groups excluding tert-OH is 1. The normalized spacial score (nSPS) is 30.0. The highest BCUT2D eigenvalue weighted by atomic mass is 16.5. The maximum absolute atomic E-state index is 11.4. The van der Waals surface area contributed by atoms with E-state index in [1.165, 1.54) is 36.8 Å². The zero-order valence-electron chi connectivity index (χ0n) is 16.8. The summed E-state index contributed by atoms with van der Waals surface area (Å²) in [6.45, 7) is 11.6. The van der Waals surface area contributed by atoms with Crippen molar-refractivity contribution in [3.05, 3.63) is 40.5 Å². The van der Waals surface area contributed by atoms with Crippen LogP contribution in [-0.4, -0.2) is 12.2 Å². The number of allylic oxidation sites excluding steroid dienone is 1. The van der Waals surface area contributed by atoms with E-state index in [0.29, 0.717) is 11.3 Å². The minimum absolute atomic E-state index is 0.0977. The lowest BCUT2D eigenvalue weighted by molar-refractivity contribution is -0.00434. The second-order valence-corrected chi connectivity index (χ2v) is 9.23. The van der Waals surface area contributed by atoms with Gasteiger partial charge in [0.25, 0.3) is 0 Å². The first-order valence-corrected chi connectivity index (χ1v) is 9.73. The molecule has 0 aromatic heterocycles. The lowest BCUT2D eigenvalue weighted by Gasteiger charge is -2.56. The van der Waals surface area contributed by atoms with Crippen LogP contribution in [0.25, 0.3) is 0 Å². The standard InChI is InChI=1S/C23H34O2/c1-15-12-17(14-18(13-15)25-6)21(24)20-16(2)8-9-19-22(3,4)10-7-11-23(19,20)5/h12-14,19,21,24H,7-11H2,1-6H3/t19?,21-,23-/m0/s1. The minimum atomic E-state index is -0.532. The zero-order chi connectivity index (χ0) is 18.4. The van der Waals surface area contributed by atoms with E-state index in [1.54, 1.807) is 7.11 Å². The van der Waals surface area contributed by atoms with E-state index in [2.05, 4.69) is 40.7 Å². The fraction of sp³-hybridized carbons (Fsp3) is 0.652. The number of fused-ring (bicyclic) bond motifs is 1. The Kier molecular flexibility index (Phi) is 4.79. The Morgan fingerprint density at radius 1 is 1.12 bits per heavy atom. The highest BCUT2D eigenvalue weighted by Gasteiger charge is 2.51. The van der Waals surface area contributed by atoms with Crippen molar-refractivity contribution in [1.29, 1.82) is 0 Å².